The largest absolute Gasteiger partial charge is 0.310 e. The summed E-state index contributed by atoms with van der Waals surface area (Å²) < 4.78 is 2.44. The lowest BCUT2D eigenvalue weighted by Crippen LogP contribution is -2.26. The maximum atomic E-state index is 2.55. The quantitative estimate of drug-likeness (QED) is 0.172. The fraction of sp³-hybridized carbons (Fsp3) is 0.0333. The van der Waals surface area contributed by atoms with Crippen molar-refractivity contribution < 1.29 is 0 Å². The summed E-state index contributed by atoms with van der Waals surface area (Å²) in [7, 11) is 0. The molecule has 11 aromatic rings. The second kappa shape index (κ2) is 12.5. The van der Waals surface area contributed by atoms with Crippen LogP contribution in [0.1, 0.15) is 33.4 Å². The summed E-state index contributed by atoms with van der Waals surface area (Å²) in [5.41, 5.74) is 22.6. The van der Waals surface area contributed by atoms with Crippen LogP contribution in [0.25, 0.3) is 71.6 Å². The smallest absolute Gasteiger partial charge is 0.0726 e. The van der Waals surface area contributed by atoms with Gasteiger partial charge in [0, 0.05) is 33.4 Å². The van der Waals surface area contributed by atoms with E-state index in [0.29, 0.717) is 0 Å². The van der Waals surface area contributed by atoms with Crippen LogP contribution in [0.5, 0.6) is 0 Å². The van der Waals surface area contributed by atoms with Crippen molar-refractivity contribution in [3.63, 3.8) is 0 Å². The van der Waals surface area contributed by atoms with Crippen molar-refractivity contribution in [2.45, 2.75) is 11.8 Å². The number of fused-ring (bicyclic) bond motifs is 17. The van der Waals surface area contributed by atoms with E-state index in [1.165, 1.54) is 105 Å². The molecular formula is C60H38N2. The predicted molar refractivity (Wildman–Crippen MR) is 258 cm³/mol. The van der Waals surface area contributed by atoms with Crippen molar-refractivity contribution in [3.8, 4) is 39.1 Å². The Balaban J connectivity index is 1.05. The highest BCUT2D eigenvalue weighted by Gasteiger charge is 2.51. The molecule has 0 fully saturated rings. The first-order valence-corrected chi connectivity index (χ1v) is 21.7. The minimum Gasteiger partial charge on any atom is -0.310 e. The maximum absolute atomic E-state index is 2.55. The zero-order valence-corrected chi connectivity index (χ0v) is 33.9. The van der Waals surface area contributed by atoms with E-state index in [1.54, 1.807) is 0 Å². The second-order valence-electron chi connectivity index (χ2n) is 17.2. The average molecular weight is 787 g/mol. The number of aromatic nitrogens is 1. The SMILES string of the molecule is c1ccc2c(c1)Cc1cccc(N(c3ccc4c(c3)C3(c5ccccc5-c5ccccc53)c3ccccc3-4)c3ccc4c(c3)c3ccccc3n4-c3ccc4ccccc4c3)c1-2. The van der Waals surface area contributed by atoms with E-state index in [4.69, 9.17) is 0 Å². The topological polar surface area (TPSA) is 8.17 Å². The molecule has 62 heavy (non-hydrogen) atoms. The minimum absolute atomic E-state index is 0.441. The van der Waals surface area contributed by atoms with Crippen LogP contribution in [0.15, 0.2) is 218 Å². The molecule has 0 atom stereocenters. The van der Waals surface area contributed by atoms with Crippen LogP contribution in [0.2, 0.25) is 0 Å². The Morgan fingerprint density at radius 2 is 0.952 bits per heavy atom. The van der Waals surface area contributed by atoms with Gasteiger partial charge in [-0.3, -0.25) is 0 Å². The summed E-state index contributed by atoms with van der Waals surface area (Å²) in [6.45, 7) is 0. The van der Waals surface area contributed by atoms with Crippen LogP contribution in [0, 0.1) is 0 Å². The number of anilines is 3. The van der Waals surface area contributed by atoms with Gasteiger partial charge in [0.15, 0.2) is 0 Å². The molecule has 0 saturated carbocycles. The van der Waals surface area contributed by atoms with Crippen LogP contribution >= 0.6 is 0 Å². The van der Waals surface area contributed by atoms with Gasteiger partial charge in [0.25, 0.3) is 0 Å². The van der Waals surface area contributed by atoms with Gasteiger partial charge in [-0.25, -0.2) is 0 Å². The number of hydrogen-bond donors (Lipinski definition) is 0. The minimum atomic E-state index is -0.441. The van der Waals surface area contributed by atoms with Gasteiger partial charge in [0.1, 0.15) is 0 Å². The Labute approximate surface area is 360 Å². The van der Waals surface area contributed by atoms with Crippen molar-refractivity contribution in [2.24, 2.45) is 0 Å². The van der Waals surface area contributed by atoms with E-state index in [-0.39, 0.29) is 0 Å². The Hall–Kier alpha value is -7.94. The van der Waals surface area contributed by atoms with E-state index in [1.807, 2.05) is 0 Å². The Morgan fingerprint density at radius 3 is 1.73 bits per heavy atom. The van der Waals surface area contributed by atoms with Crippen molar-refractivity contribution in [3.05, 3.63) is 252 Å². The van der Waals surface area contributed by atoms with Gasteiger partial charge < -0.3 is 9.47 Å². The summed E-state index contributed by atoms with van der Waals surface area (Å²) in [5, 5.41) is 4.95. The van der Waals surface area contributed by atoms with Crippen molar-refractivity contribution in [2.75, 3.05) is 4.90 Å². The molecule has 1 heterocycles. The number of nitrogens with zero attached hydrogens (tertiary/aromatic N) is 2. The summed E-state index contributed by atoms with van der Waals surface area (Å²) in [6, 6.07) is 81.9. The standard InChI is InChI=1S/C60H38N2/c1-2-15-39-35-42(29-28-38(39)14-1)62-56-26-12-8-22-50(56)51-36-43(31-33-57(51)62)61(58-27-13-17-41-34-40-16-3-4-18-45(40)59(41)58)44-30-32-49-48-21-7-11-25-54(48)60(55(49)37-44)52-23-9-5-19-46(52)47-20-6-10-24-53(47)60/h1-33,35-37H,34H2. The number of benzene rings is 10. The third-order valence-electron chi connectivity index (χ3n) is 14.2. The van der Waals surface area contributed by atoms with E-state index in [9.17, 15) is 0 Å². The maximum Gasteiger partial charge on any atom is 0.0726 e. The molecule has 1 spiro atoms. The summed E-state index contributed by atoms with van der Waals surface area (Å²) in [6.07, 6.45) is 0.932. The van der Waals surface area contributed by atoms with E-state index in [2.05, 4.69) is 228 Å². The molecule has 0 aliphatic heterocycles. The van der Waals surface area contributed by atoms with Gasteiger partial charge in [-0.05, 0) is 133 Å². The molecule has 288 valence electrons. The van der Waals surface area contributed by atoms with E-state index < -0.39 is 5.41 Å². The van der Waals surface area contributed by atoms with Crippen molar-refractivity contribution >= 4 is 49.6 Å². The molecule has 10 aromatic carbocycles. The highest BCUT2D eigenvalue weighted by atomic mass is 15.1. The van der Waals surface area contributed by atoms with E-state index >= 15 is 0 Å². The molecule has 14 rings (SSSR count). The lowest BCUT2D eigenvalue weighted by atomic mass is 9.70. The van der Waals surface area contributed by atoms with Crippen LogP contribution in [0.3, 0.4) is 0 Å². The molecule has 0 bridgehead atoms. The van der Waals surface area contributed by atoms with Crippen LogP contribution < -0.4 is 4.90 Å². The van der Waals surface area contributed by atoms with Gasteiger partial charge >= 0.3 is 0 Å². The third-order valence-corrected chi connectivity index (χ3v) is 14.2. The molecule has 3 aliphatic rings. The zero-order valence-electron chi connectivity index (χ0n) is 33.9. The first kappa shape index (κ1) is 33.8. The third kappa shape index (κ3) is 4.43. The van der Waals surface area contributed by atoms with Crippen LogP contribution in [0.4, 0.5) is 17.1 Å². The van der Waals surface area contributed by atoms with Gasteiger partial charge in [-0.1, -0.05) is 164 Å². The van der Waals surface area contributed by atoms with Crippen molar-refractivity contribution in [1.29, 1.82) is 0 Å². The summed E-state index contributed by atoms with van der Waals surface area (Å²) in [5.74, 6) is 0. The number of hydrogen-bond acceptors (Lipinski definition) is 1. The Bertz CT molecular complexity index is 3630. The normalized spacial score (nSPS) is 13.5. The summed E-state index contributed by atoms with van der Waals surface area (Å²) >= 11 is 0. The van der Waals surface area contributed by atoms with Gasteiger partial charge in [0.05, 0.1) is 22.1 Å². The highest BCUT2D eigenvalue weighted by Crippen LogP contribution is 2.63. The molecular weight excluding hydrogens is 749 g/mol. The molecule has 2 nitrogen and oxygen atoms in total. The molecule has 2 heteroatoms. The monoisotopic (exact) mass is 786 g/mol. The summed E-state index contributed by atoms with van der Waals surface area (Å²) in [4.78, 5) is 2.55. The predicted octanol–water partition coefficient (Wildman–Crippen LogP) is 15.3. The molecule has 0 radical (unpaired) electrons. The highest BCUT2D eigenvalue weighted by molar-refractivity contribution is 6.11. The Kier molecular flexibility index (Phi) is 6.85. The molecule has 0 saturated heterocycles. The fourth-order valence-corrected chi connectivity index (χ4v) is 11.7. The number of rotatable bonds is 4. The second-order valence-corrected chi connectivity index (χ2v) is 17.2. The van der Waals surface area contributed by atoms with Crippen molar-refractivity contribution in [1.82, 2.24) is 4.57 Å². The lowest BCUT2D eigenvalue weighted by Gasteiger charge is -2.32. The first-order valence-electron chi connectivity index (χ1n) is 21.7. The molecule has 0 amide bonds. The van der Waals surface area contributed by atoms with Crippen LogP contribution in [-0.4, -0.2) is 4.57 Å². The molecule has 0 unspecified atom stereocenters. The fourth-order valence-electron chi connectivity index (χ4n) is 11.7. The van der Waals surface area contributed by atoms with Gasteiger partial charge in [-0.2, -0.15) is 0 Å². The average Bonchev–Trinajstić information content (AvgIpc) is 4.05. The van der Waals surface area contributed by atoms with Crippen LogP contribution in [-0.2, 0) is 11.8 Å². The lowest BCUT2D eigenvalue weighted by molar-refractivity contribution is 0.793. The first-order chi connectivity index (χ1) is 30.8. The molecule has 3 aliphatic carbocycles. The van der Waals surface area contributed by atoms with Gasteiger partial charge in [-0.15, -0.1) is 0 Å². The van der Waals surface area contributed by atoms with E-state index in [0.717, 1.165) is 23.5 Å². The van der Waals surface area contributed by atoms with Gasteiger partial charge in [0.2, 0.25) is 0 Å². The Morgan fingerprint density at radius 1 is 0.371 bits per heavy atom. The number of para-hydroxylation sites is 1. The molecule has 0 N–H and O–H groups in total. The molecule has 1 aromatic heterocycles. The zero-order chi connectivity index (χ0) is 40.5.